The Kier molecular flexibility index (Phi) is 5.13. The lowest BCUT2D eigenvalue weighted by molar-refractivity contribution is -0.115. The molecule has 0 aromatic heterocycles. The van der Waals surface area contributed by atoms with Gasteiger partial charge in [0.2, 0.25) is 0 Å². The highest BCUT2D eigenvalue weighted by atomic mass is 79.9. The van der Waals surface area contributed by atoms with E-state index in [1.807, 2.05) is 6.07 Å². The third-order valence-corrected chi connectivity index (χ3v) is 4.75. The molecule has 2 aromatic rings. The Bertz CT molecular complexity index is 862. The Morgan fingerprint density at radius 1 is 1.21 bits per heavy atom. The van der Waals surface area contributed by atoms with Crippen LogP contribution in [0.5, 0.6) is 5.75 Å². The van der Waals surface area contributed by atoms with Crippen LogP contribution in [0, 0.1) is 0 Å². The lowest BCUT2D eigenvalue weighted by Gasteiger charge is -2.05. The summed E-state index contributed by atoms with van der Waals surface area (Å²) in [5.41, 5.74) is 1.28. The first-order valence-corrected chi connectivity index (χ1v) is 8.86. The number of thioether (sulfide) groups is 1. The zero-order valence-corrected chi connectivity index (χ0v) is 15.3. The second kappa shape index (κ2) is 7.29. The van der Waals surface area contributed by atoms with E-state index in [0.717, 1.165) is 10.0 Å². The highest BCUT2D eigenvalue weighted by molar-refractivity contribution is 9.10. The first-order chi connectivity index (χ1) is 11.5. The monoisotopic (exact) mass is 419 g/mol. The van der Waals surface area contributed by atoms with Gasteiger partial charge in [0.1, 0.15) is 10.1 Å². The van der Waals surface area contributed by atoms with E-state index in [1.165, 1.54) is 11.8 Å². The molecule has 1 saturated heterocycles. The average Bonchev–Trinajstić information content (AvgIpc) is 2.87. The molecule has 0 saturated carbocycles. The van der Waals surface area contributed by atoms with Crippen LogP contribution in [0.4, 0.5) is 0 Å². The van der Waals surface area contributed by atoms with Gasteiger partial charge >= 0.3 is 5.97 Å². The third-order valence-electron chi connectivity index (χ3n) is 3.09. The summed E-state index contributed by atoms with van der Waals surface area (Å²) in [6.07, 6.45) is 1.74. The van der Waals surface area contributed by atoms with E-state index in [-0.39, 0.29) is 5.91 Å². The minimum absolute atomic E-state index is 0.199. The number of rotatable bonds is 3. The van der Waals surface area contributed by atoms with Crippen molar-refractivity contribution < 1.29 is 14.3 Å². The summed E-state index contributed by atoms with van der Waals surface area (Å²) in [4.78, 5) is 24.2. The number of halogens is 1. The number of nitrogens with one attached hydrogen (secondary N) is 1. The molecular formula is C17H10BrNO3S2. The molecule has 4 nitrogen and oxygen atoms in total. The van der Waals surface area contributed by atoms with E-state index in [1.54, 1.807) is 48.5 Å². The molecule has 3 rings (SSSR count). The molecule has 1 fully saturated rings. The summed E-state index contributed by atoms with van der Waals surface area (Å²) in [5, 5.41) is 2.56. The van der Waals surface area contributed by atoms with Crippen molar-refractivity contribution in [2.24, 2.45) is 0 Å². The van der Waals surface area contributed by atoms with Crippen LogP contribution in [-0.4, -0.2) is 16.2 Å². The fourth-order valence-corrected chi connectivity index (χ4v) is 3.43. The van der Waals surface area contributed by atoms with Crippen molar-refractivity contribution in [3.8, 4) is 5.75 Å². The van der Waals surface area contributed by atoms with E-state index in [0.29, 0.717) is 20.5 Å². The van der Waals surface area contributed by atoms with E-state index in [9.17, 15) is 9.59 Å². The van der Waals surface area contributed by atoms with Crippen molar-refractivity contribution in [2.75, 3.05) is 0 Å². The maximum atomic E-state index is 12.1. The molecule has 120 valence electrons. The minimum atomic E-state index is -0.432. The Morgan fingerprint density at radius 3 is 2.58 bits per heavy atom. The molecule has 2 aromatic carbocycles. The van der Waals surface area contributed by atoms with Crippen molar-refractivity contribution in [1.29, 1.82) is 0 Å². The number of thiocarbonyl (C=S) groups is 1. The molecule has 7 heteroatoms. The second-order valence-electron chi connectivity index (χ2n) is 4.82. The molecule has 0 aliphatic carbocycles. The fraction of sp³-hybridized carbons (Fsp3) is 0. The Labute approximate surface area is 156 Å². The molecule has 1 amide bonds. The normalized spacial score (nSPS) is 15.5. The smallest absolute Gasteiger partial charge is 0.343 e. The molecule has 24 heavy (non-hydrogen) atoms. The van der Waals surface area contributed by atoms with Crippen LogP contribution in [0.15, 0.2) is 57.9 Å². The third kappa shape index (κ3) is 4.11. The van der Waals surface area contributed by atoms with Crippen molar-refractivity contribution >= 4 is 62.2 Å². The lowest BCUT2D eigenvalue weighted by Crippen LogP contribution is -2.17. The molecule has 1 aliphatic heterocycles. The van der Waals surface area contributed by atoms with Crippen LogP contribution in [0.3, 0.4) is 0 Å². The van der Waals surface area contributed by atoms with Crippen molar-refractivity contribution in [1.82, 2.24) is 5.32 Å². The number of esters is 1. The molecule has 0 spiro atoms. The Hall–Kier alpha value is -1.96. The number of hydrogen-bond acceptors (Lipinski definition) is 5. The fourth-order valence-electron chi connectivity index (χ4n) is 1.99. The van der Waals surface area contributed by atoms with Gasteiger partial charge in [-0.3, -0.25) is 4.79 Å². The van der Waals surface area contributed by atoms with Gasteiger partial charge in [-0.15, -0.1) is 0 Å². The van der Waals surface area contributed by atoms with Crippen molar-refractivity contribution in [3.05, 3.63) is 69.0 Å². The number of ether oxygens (including phenoxy) is 1. The summed E-state index contributed by atoms with van der Waals surface area (Å²) in [5.74, 6) is -0.199. The van der Waals surface area contributed by atoms with Crippen molar-refractivity contribution in [3.63, 3.8) is 0 Å². The zero-order chi connectivity index (χ0) is 17.1. The van der Waals surface area contributed by atoms with Crippen LogP contribution in [0.2, 0.25) is 0 Å². The van der Waals surface area contributed by atoms with Crippen molar-refractivity contribution in [2.45, 2.75) is 0 Å². The van der Waals surface area contributed by atoms with Crippen LogP contribution in [0.25, 0.3) is 6.08 Å². The first-order valence-electron chi connectivity index (χ1n) is 6.84. The highest BCUT2D eigenvalue weighted by Crippen LogP contribution is 2.26. The van der Waals surface area contributed by atoms with Crippen LogP contribution < -0.4 is 10.1 Å². The van der Waals surface area contributed by atoms with E-state index < -0.39 is 5.97 Å². The molecule has 1 aliphatic rings. The molecule has 0 bridgehead atoms. The maximum absolute atomic E-state index is 12.1. The number of carbonyl (C=O) groups is 2. The van der Waals surface area contributed by atoms with Gasteiger partial charge in [0, 0.05) is 4.47 Å². The van der Waals surface area contributed by atoms with Gasteiger partial charge in [-0.1, -0.05) is 58.1 Å². The summed E-state index contributed by atoms with van der Waals surface area (Å²) in [6.45, 7) is 0. The molecular weight excluding hydrogens is 410 g/mol. The lowest BCUT2D eigenvalue weighted by atomic mass is 10.2. The average molecular weight is 420 g/mol. The van der Waals surface area contributed by atoms with Crippen LogP contribution in [0.1, 0.15) is 15.9 Å². The molecule has 0 radical (unpaired) electrons. The number of amides is 1. The van der Waals surface area contributed by atoms with Gasteiger partial charge in [0.05, 0.1) is 10.5 Å². The Balaban J connectivity index is 1.71. The highest BCUT2D eigenvalue weighted by Gasteiger charge is 2.21. The van der Waals surface area contributed by atoms with E-state index in [4.69, 9.17) is 17.0 Å². The van der Waals surface area contributed by atoms with Gasteiger partial charge in [-0.05, 0) is 42.0 Å². The predicted molar refractivity (Wildman–Crippen MR) is 102 cm³/mol. The summed E-state index contributed by atoms with van der Waals surface area (Å²) in [7, 11) is 0. The quantitative estimate of drug-likeness (QED) is 0.350. The first kappa shape index (κ1) is 16.9. The maximum Gasteiger partial charge on any atom is 0.343 e. The summed E-state index contributed by atoms with van der Waals surface area (Å²) >= 11 is 9.48. The van der Waals surface area contributed by atoms with E-state index in [2.05, 4.69) is 21.2 Å². The SMILES string of the molecule is O=C1NC(=S)SC1=Cc1ccc(OC(=O)c2cccc(Br)c2)cc1. The standard InChI is InChI=1S/C17H10BrNO3S2/c18-12-3-1-2-11(9-12)16(21)22-13-6-4-10(5-7-13)8-14-15(20)19-17(23)24-14/h1-9H,(H,19,20,23). The molecule has 1 heterocycles. The van der Waals surface area contributed by atoms with Crippen LogP contribution >= 0.6 is 39.9 Å². The predicted octanol–water partition coefficient (Wildman–Crippen LogP) is 4.16. The van der Waals surface area contributed by atoms with Crippen LogP contribution in [-0.2, 0) is 4.79 Å². The molecule has 1 N–H and O–H groups in total. The van der Waals surface area contributed by atoms with Gasteiger partial charge < -0.3 is 10.1 Å². The molecule has 0 unspecified atom stereocenters. The largest absolute Gasteiger partial charge is 0.423 e. The van der Waals surface area contributed by atoms with Gasteiger partial charge in [0.15, 0.2) is 0 Å². The van der Waals surface area contributed by atoms with E-state index >= 15 is 0 Å². The summed E-state index contributed by atoms with van der Waals surface area (Å²) in [6, 6.07) is 13.9. The summed E-state index contributed by atoms with van der Waals surface area (Å²) < 4.78 is 6.59. The van der Waals surface area contributed by atoms with Gasteiger partial charge in [0.25, 0.3) is 5.91 Å². The number of benzene rings is 2. The zero-order valence-electron chi connectivity index (χ0n) is 12.1. The number of carbonyl (C=O) groups excluding carboxylic acids is 2. The number of hydrogen-bond donors (Lipinski definition) is 1. The second-order valence-corrected chi connectivity index (χ2v) is 7.46. The topological polar surface area (TPSA) is 55.4 Å². The van der Waals surface area contributed by atoms with Gasteiger partial charge in [-0.2, -0.15) is 0 Å². The Morgan fingerprint density at radius 2 is 1.96 bits per heavy atom. The minimum Gasteiger partial charge on any atom is -0.423 e. The van der Waals surface area contributed by atoms with Gasteiger partial charge in [-0.25, -0.2) is 4.79 Å². The molecule has 0 atom stereocenters.